The van der Waals surface area contributed by atoms with E-state index in [2.05, 4.69) is 179 Å². The van der Waals surface area contributed by atoms with Gasteiger partial charge in [0, 0.05) is 10.8 Å². The third-order valence-corrected chi connectivity index (χ3v) is 16.2. The van der Waals surface area contributed by atoms with Crippen molar-refractivity contribution in [3.05, 3.63) is 228 Å². The average Bonchev–Trinajstić information content (AvgIpc) is 3.85. The maximum Gasteiger partial charge on any atom is 0.402 e. The second-order valence-corrected chi connectivity index (χ2v) is 20.6. The molecule has 328 valence electrons. The van der Waals surface area contributed by atoms with Crippen LogP contribution in [-0.4, -0.2) is 6.18 Å². The fraction of sp³-hybridized carbons (Fsp3) is 0.138. The Morgan fingerprint density at radius 3 is 0.956 bits per heavy atom. The number of benzene rings is 10. The highest BCUT2D eigenvalue weighted by atomic mass is 19.4. The summed E-state index contributed by atoms with van der Waals surface area (Å²) >= 11 is 0. The first-order valence-electron chi connectivity index (χ1n) is 23.6. The highest BCUT2D eigenvalue weighted by molar-refractivity contribution is 5.95. The molecule has 0 spiro atoms. The molecule has 0 saturated carbocycles. The van der Waals surface area contributed by atoms with E-state index in [1.54, 1.807) is 24.3 Å². The summed E-state index contributed by atoms with van der Waals surface area (Å²) in [5, 5.41) is 4.96. The molecule has 0 saturated heterocycles. The van der Waals surface area contributed by atoms with E-state index in [0.29, 0.717) is 22.3 Å². The molecule has 1 unspecified atom stereocenters. The SMILES string of the molecule is CC1(C)c2cc(-c3ccc4c(c3)C(C)(C)c3cc(-c5ccc6cc(-c7ccc8ccccc8c7)ccc6c5)ccc3-4)ccc2-c2ccc(-c3ccc4c(c3)C(C)(C(F)(F)F)c3ccccc3-4)cc21. The first-order valence-corrected chi connectivity index (χ1v) is 23.6. The van der Waals surface area contributed by atoms with Crippen LogP contribution in [0.1, 0.15) is 68.0 Å². The van der Waals surface area contributed by atoms with Gasteiger partial charge in [-0.15, -0.1) is 0 Å². The van der Waals surface area contributed by atoms with Gasteiger partial charge in [0.1, 0.15) is 5.41 Å². The van der Waals surface area contributed by atoms with Gasteiger partial charge in [0.05, 0.1) is 0 Å². The summed E-state index contributed by atoms with van der Waals surface area (Å²) in [7, 11) is 0. The van der Waals surface area contributed by atoms with Crippen molar-refractivity contribution in [2.75, 3.05) is 0 Å². The van der Waals surface area contributed by atoms with Crippen LogP contribution in [0.25, 0.3) is 99.4 Å². The van der Waals surface area contributed by atoms with Crippen LogP contribution in [0.4, 0.5) is 13.2 Å². The molecule has 0 aliphatic heterocycles. The summed E-state index contributed by atoms with van der Waals surface area (Å²) in [6, 6.07) is 68.7. The van der Waals surface area contributed by atoms with Gasteiger partial charge in [-0.05, 0) is 188 Å². The van der Waals surface area contributed by atoms with Crippen LogP contribution in [0.2, 0.25) is 0 Å². The molecule has 0 fully saturated rings. The molecule has 0 nitrogen and oxygen atoms in total. The molecule has 3 aliphatic rings. The number of rotatable bonds is 4. The van der Waals surface area contributed by atoms with Gasteiger partial charge < -0.3 is 0 Å². The van der Waals surface area contributed by atoms with E-state index < -0.39 is 11.6 Å². The Balaban J connectivity index is 0.792. The summed E-state index contributed by atoms with van der Waals surface area (Å²) < 4.78 is 44.9. The summed E-state index contributed by atoms with van der Waals surface area (Å²) in [5.74, 6) is 0. The number of fused-ring (bicyclic) bond motifs is 11. The Kier molecular flexibility index (Phi) is 8.41. The van der Waals surface area contributed by atoms with Gasteiger partial charge in [0.25, 0.3) is 0 Å². The molecule has 0 amide bonds. The predicted octanol–water partition coefficient (Wildman–Crippen LogP) is 18.1. The van der Waals surface area contributed by atoms with Gasteiger partial charge in [-0.3, -0.25) is 0 Å². The molecule has 68 heavy (non-hydrogen) atoms. The van der Waals surface area contributed by atoms with Crippen molar-refractivity contribution in [2.45, 2.75) is 57.0 Å². The van der Waals surface area contributed by atoms with Crippen LogP contribution in [-0.2, 0) is 16.2 Å². The van der Waals surface area contributed by atoms with E-state index in [4.69, 9.17) is 0 Å². The van der Waals surface area contributed by atoms with Crippen molar-refractivity contribution in [3.8, 4) is 77.9 Å². The molecule has 0 N–H and O–H groups in total. The van der Waals surface area contributed by atoms with Crippen LogP contribution >= 0.6 is 0 Å². The average molecular weight is 885 g/mol. The first kappa shape index (κ1) is 40.8. The topological polar surface area (TPSA) is 0 Å². The largest absolute Gasteiger partial charge is 0.402 e. The van der Waals surface area contributed by atoms with Gasteiger partial charge in [-0.1, -0.05) is 173 Å². The third-order valence-electron chi connectivity index (χ3n) is 16.2. The Hall–Kier alpha value is -7.49. The lowest BCUT2D eigenvalue weighted by molar-refractivity contribution is -0.172. The second kappa shape index (κ2) is 14.0. The molecule has 0 heterocycles. The zero-order valence-electron chi connectivity index (χ0n) is 38.6. The van der Waals surface area contributed by atoms with Crippen molar-refractivity contribution >= 4 is 21.5 Å². The van der Waals surface area contributed by atoms with Crippen molar-refractivity contribution in [2.24, 2.45) is 0 Å². The maximum atomic E-state index is 15.0. The lowest BCUT2D eigenvalue weighted by Gasteiger charge is -2.30. The van der Waals surface area contributed by atoms with Crippen molar-refractivity contribution in [1.82, 2.24) is 0 Å². The fourth-order valence-corrected chi connectivity index (χ4v) is 12.1. The number of alkyl halides is 3. The van der Waals surface area contributed by atoms with Gasteiger partial charge >= 0.3 is 6.18 Å². The van der Waals surface area contributed by atoms with Crippen LogP contribution in [0.5, 0.6) is 0 Å². The lowest BCUT2D eigenvalue weighted by atomic mass is 9.78. The predicted molar refractivity (Wildman–Crippen MR) is 276 cm³/mol. The van der Waals surface area contributed by atoms with Crippen LogP contribution < -0.4 is 0 Å². The van der Waals surface area contributed by atoms with Gasteiger partial charge in [0.2, 0.25) is 0 Å². The molecule has 3 heteroatoms. The van der Waals surface area contributed by atoms with Crippen LogP contribution in [0, 0.1) is 0 Å². The maximum absolute atomic E-state index is 15.0. The van der Waals surface area contributed by atoms with Crippen molar-refractivity contribution in [1.29, 1.82) is 0 Å². The van der Waals surface area contributed by atoms with E-state index >= 15 is 0 Å². The summed E-state index contributed by atoms with van der Waals surface area (Å²) in [4.78, 5) is 0. The number of hydrogen-bond donors (Lipinski definition) is 0. The van der Waals surface area contributed by atoms with Gasteiger partial charge in [-0.2, -0.15) is 13.2 Å². The zero-order chi connectivity index (χ0) is 46.5. The Morgan fingerprint density at radius 2 is 0.544 bits per heavy atom. The second-order valence-electron chi connectivity index (χ2n) is 20.6. The molecule has 3 aliphatic carbocycles. The van der Waals surface area contributed by atoms with Crippen molar-refractivity contribution < 1.29 is 13.2 Å². The quantitative estimate of drug-likeness (QED) is 0.165. The normalized spacial score (nSPS) is 16.8. The summed E-state index contributed by atoms with van der Waals surface area (Å²) in [5.41, 5.74) is 18.3. The smallest absolute Gasteiger partial charge is 0.170 e. The van der Waals surface area contributed by atoms with E-state index in [-0.39, 0.29) is 10.8 Å². The van der Waals surface area contributed by atoms with Crippen LogP contribution in [0.15, 0.2) is 194 Å². The number of hydrogen-bond acceptors (Lipinski definition) is 0. The standard InChI is InChI=1S/C65H47F3/c1-62(2)57-33-45(44-19-18-42-31-41(16-17-43(42)32-44)40-15-14-38-10-6-7-11-39(38)30-40)20-25-51(57)52-26-21-46(34-58(52)62)47-22-27-53-54-28-23-48(36-60(54)63(3,4)59(53)35-47)49-24-29-55-50-12-8-9-13-56(50)64(5,61(55)37-49)65(66,67)68/h6-37H,1-5H3. The minimum Gasteiger partial charge on any atom is -0.170 e. The molecule has 13 rings (SSSR count). The minimum absolute atomic E-state index is 0.206. The van der Waals surface area contributed by atoms with E-state index in [1.807, 2.05) is 18.2 Å². The molecule has 0 radical (unpaired) electrons. The highest BCUT2D eigenvalue weighted by Crippen LogP contribution is 2.58. The van der Waals surface area contributed by atoms with Gasteiger partial charge in [-0.25, -0.2) is 0 Å². The van der Waals surface area contributed by atoms with E-state index in [0.717, 1.165) is 11.1 Å². The molecule has 10 aromatic carbocycles. The fourth-order valence-electron chi connectivity index (χ4n) is 12.1. The lowest BCUT2D eigenvalue weighted by Crippen LogP contribution is -2.38. The summed E-state index contributed by atoms with van der Waals surface area (Å²) in [6.07, 6.45) is -4.45. The molecular weight excluding hydrogens is 838 g/mol. The zero-order valence-corrected chi connectivity index (χ0v) is 38.6. The molecule has 0 bridgehead atoms. The Bertz CT molecular complexity index is 3810. The number of halogens is 3. The Labute approximate surface area is 395 Å². The van der Waals surface area contributed by atoms with E-state index in [1.165, 1.54) is 106 Å². The van der Waals surface area contributed by atoms with Gasteiger partial charge in [0.15, 0.2) is 0 Å². The molecule has 1 atom stereocenters. The van der Waals surface area contributed by atoms with Crippen molar-refractivity contribution in [3.63, 3.8) is 0 Å². The molecular formula is C65H47F3. The Morgan fingerprint density at radius 1 is 0.265 bits per heavy atom. The monoisotopic (exact) mass is 884 g/mol. The summed E-state index contributed by atoms with van der Waals surface area (Å²) in [6.45, 7) is 10.6. The molecule has 0 aromatic heterocycles. The highest BCUT2D eigenvalue weighted by Gasteiger charge is 2.58. The first-order chi connectivity index (χ1) is 32.7. The van der Waals surface area contributed by atoms with Crippen LogP contribution in [0.3, 0.4) is 0 Å². The van der Waals surface area contributed by atoms with E-state index in [9.17, 15) is 13.2 Å². The third kappa shape index (κ3) is 5.75. The minimum atomic E-state index is -4.45. The molecule has 10 aromatic rings.